The third-order valence-electron chi connectivity index (χ3n) is 4.48. The van der Waals surface area contributed by atoms with Gasteiger partial charge in [0.1, 0.15) is 23.2 Å². The minimum absolute atomic E-state index is 0.0000746. The third kappa shape index (κ3) is 5.18. The molecule has 2 amide bonds. The molecule has 2 heterocycles. The van der Waals surface area contributed by atoms with E-state index in [9.17, 15) is 9.59 Å². The van der Waals surface area contributed by atoms with Gasteiger partial charge in [0.25, 0.3) is 11.8 Å². The Kier molecular flexibility index (Phi) is 6.26. The Labute approximate surface area is 184 Å². The topological polar surface area (TPSA) is 136 Å². The van der Waals surface area contributed by atoms with Crippen LogP contribution >= 0.6 is 11.6 Å². The highest BCUT2D eigenvalue weighted by Gasteiger charge is 2.22. The van der Waals surface area contributed by atoms with Gasteiger partial charge in [-0.1, -0.05) is 44.5 Å². The monoisotopic (exact) mass is 442 g/mol. The van der Waals surface area contributed by atoms with E-state index in [0.29, 0.717) is 5.69 Å². The van der Waals surface area contributed by atoms with E-state index in [1.54, 1.807) is 13.0 Å². The van der Waals surface area contributed by atoms with Crippen molar-refractivity contribution in [2.45, 2.75) is 39.2 Å². The smallest absolute Gasteiger partial charge is 0.293 e. The van der Waals surface area contributed by atoms with Gasteiger partial charge in [-0.25, -0.2) is 15.0 Å². The molecule has 1 unspecified atom stereocenters. The lowest BCUT2D eigenvalue weighted by Gasteiger charge is -2.19. The van der Waals surface area contributed by atoms with Crippen molar-refractivity contribution in [1.29, 1.82) is 0 Å². The van der Waals surface area contributed by atoms with Crippen LogP contribution in [0, 0.1) is 0 Å². The number of carbonyl (C=O) groups excluding carboxylic acids is 2. The molecular weight excluding hydrogens is 420 g/mol. The Morgan fingerprint density at radius 1 is 1.16 bits per heavy atom. The fourth-order valence-corrected chi connectivity index (χ4v) is 2.90. The summed E-state index contributed by atoms with van der Waals surface area (Å²) in [7, 11) is 0. The Bertz CT molecular complexity index is 1120. The van der Waals surface area contributed by atoms with Crippen LogP contribution in [-0.2, 0) is 5.41 Å². The second-order valence-electron chi connectivity index (χ2n) is 7.96. The average molecular weight is 443 g/mol. The van der Waals surface area contributed by atoms with Gasteiger partial charge in [-0.05, 0) is 30.0 Å². The van der Waals surface area contributed by atoms with Gasteiger partial charge in [-0.3, -0.25) is 9.59 Å². The Morgan fingerprint density at radius 3 is 2.61 bits per heavy atom. The summed E-state index contributed by atoms with van der Waals surface area (Å²) in [6, 6.07) is 6.94. The summed E-state index contributed by atoms with van der Waals surface area (Å²) in [4.78, 5) is 36.6. The molecule has 9 nitrogen and oxygen atoms in total. The first-order valence-corrected chi connectivity index (χ1v) is 9.88. The first kappa shape index (κ1) is 22.2. The van der Waals surface area contributed by atoms with Gasteiger partial charge in [-0.2, -0.15) is 0 Å². The summed E-state index contributed by atoms with van der Waals surface area (Å²) >= 11 is 5.98. The minimum Gasteiger partial charge on any atom is -0.433 e. The normalized spacial score (nSPS) is 12.3. The van der Waals surface area contributed by atoms with Crippen LogP contribution in [0.3, 0.4) is 0 Å². The van der Waals surface area contributed by atoms with E-state index >= 15 is 0 Å². The molecule has 10 heteroatoms. The molecule has 3 rings (SSSR count). The van der Waals surface area contributed by atoms with E-state index in [1.165, 1.54) is 6.20 Å². The minimum atomic E-state index is -0.648. The molecule has 0 spiro atoms. The number of hydrogen-bond donors (Lipinski definition) is 3. The SMILES string of the molecule is CC(NC(=O)c1ncnc(N)c1Cl)c1ncc(C(=O)Nc2cccc(C(C)(C)C)c2)o1. The Balaban J connectivity index is 1.68. The molecule has 2 aromatic heterocycles. The molecule has 1 aromatic carbocycles. The molecule has 0 aliphatic heterocycles. The lowest BCUT2D eigenvalue weighted by atomic mass is 9.87. The molecule has 3 aromatic rings. The van der Waals surface area contributed by atoms with Gasteiger partial charge < -0.3 is 20.8 Å². The van der Waals surface area contributed by atoms with Gasteiger partial charge >= 0.3 is 0 Å². The first-order valence-electron chi connectivity index (χ1n) is 9.50. The molecule has 4 N–H and O–H groups in total. The maximum atomic E-state index is 12.6. The van der Waals surface area contributed by atoms with E-state index in [1.807, 2.05) is 18.2 Å². The van der Waals surface area contributed by atoms with E-state index in [-0.39, 0.29) is 33.6 Å². The highest BCUT2D eigenvalue weighted by Crippen LogP contribution is 2.25. The molecular formula is C21H23ClN6O3. The molecule has 0 saturated heterocycles. The quantitative estimate of drug-likeness (QED) is 0.547. The number of oxazole rings is 1. The number of nitrogens with zero attached hydrogens (tertiary/aromatic N) is 3. The number of nitrogen functional groups attached to an aromatic ring is 1. The molecule has 162 valence electrons. The van der Waals surface area contributed by atoms with Crippen molar-refractivity contribution in [3.63, 3.8) is 0 Å². The largest absolute Gasteiger partial charge is 0.433 e. The zero-order valence-corrected chi connectivity index (χ0v) is 18.3. The number of nitrogens with two attached hydrogens (primary N) is 1. The van der Waals surface area contributed by atoms with E-state index < -0.39 is 17.9 Å². The molecule has 0 bridgehead atoms. The third-order valence-corrected chi connectivity index (χ3v) is 4.86. The van der Waals surface area contributed by atoms with Crippen LogP contribution in [0.15, 0.2) is 41.2 Å². The van der Waals surface area contributed by atoms with Crippen LogP contribution in [-0.4, -0.2) is 26.8 Å². The van der Waals surface area contributed by atoms with Crippen molar-refractivity contribution in [2.75, 3.05) is 11.1 Å². The molecule has 1 atom stereocenters. The number of carbonyl (C=O) groups is 2. The predicted molar refractivity (Wildman–Crippen MR) is 117 cm³/mol. The van der Waals surface area contributed by atoms with Crippen LogP contribution in [0.4, 0.5) is 11.5 Å². The second kappa shape index (κ2) is 8.73. The standard InChI is InChI=1S/C21H23ClN6O3/c1-11(27-19(30)16-15(22)17(23)26-10-25-16)20-24-9-14(31-20)18(29)28-13-7-5-6-12(8-13)21(2,3)4/h5-11H,1-4H3,(H,27,30)(H,28,29)(H2,23,25,26). The van der Waals surface area contributed by atoms with Crippen LogP contribution in [0.25, 0.3) is 0 Å². The van der Waals surface area contributed by atoms with Crippen molar-refractivity contribution in [3.05, 3.63) is 64.7 Å². The van der Waals surface area contributed by atoms with Crippen LogP contribution in [0.5, 0.6) is 0 Å². The van der Waals surface area contributed by atoms with Crippen LogP contribution in [0.2, 0.25) is 5.02 Å². The number of aromatic nitrogens is 3. The van der Waals surface area contributed by atoms with Crippen LogP contribution in [0.1, 0.15) is 66.2 Å². The number of benzene rings is 1. The number of rotatable bonds is 5. The molecule has 0 aliphatic rings. The summed E-state index contributed by atoms with van der Waals surface area (Å²) in [6.07, 6.45) is 2.44. The Morgan fingerprint density at radius 2 is 1.90 bits per heavy atom. The number of halogens is 1. The summed E-state index contributed by atoms with van der Waals surface area (Å²) < 4.78 is 5.54. The summed E-state index contributed by atoms with van der Waals surface area (Å²) in [6.45, 7) is 7.93. The molecule has 0 aliphatic carbocycles. The summed E-state index contributed by atoms with van der Waals surface area (Å²) in [5.74, 6) is -0.855. The fourth-order valence-electron chi connectivity index (χ4n) is 2.72. The van der Waals surface area contributed by atoms with Crippen molar-refractivity contribution in [2.24, 2.45) is 0 Å². The van der Waals surface area contributed by atoms with Gasteiger partial charge in [-0.15, -0.1) is 0 Å². The van der Waals surface area contributed by atoms with Crippen molar-refractivity contribution in [1.82, 2.24) is 20.3 Å². The van der Waals surface area contributed by atoms with Gasteiger partial charge in [0, 0.05) is 5.69 Å². The predicted octanol–water partition coefficient (Wildman–Crippen LogP) is 3.74. The van der Waals surface area contributed by atoms with Gasteiger partial charge in [0.2, 0.25) is 11.7 Å². The lowest BCUT2D eigenvalue weighted by Crippen LogP contribution is -2.28. The molecule has 31 heavy (non-hydrogen) atoms. The van der Waals surface area contributed by atoms with Crippen molar-refractivity contribution < 1.29 is 14.0 Å². The molecule has 0 saturated carbocycles. The maximum absolute atomic E-state index is 12.6. The fraction of sp³-hybridized carbons (Fsp3) is 0.286. The summed E-state index contributed by atoms with van der Waals surface area (Å²) in [5.41, 5.74) is 7.21. The zero-order chi connectivity index (χ0) is 22.8. The van der Waals surface area contributed by atoms with Crippen molar-refractivity contribution in [3.8, 4) is 0 Å². The average Bonchev–Trinajstić information content (AvgIpc) is 3.20. The number of nitrogens with one attached hydrogen (secondary N) is 2. The first-order chi connectivity index (χ1) is 14.6. The van der Waals surface area contributed by atoms with E-state index in [2.05, 4.69) is 46.4 Å². The van der Waals surface area contributed by atoms with E-state index in [0.717, 1.165) is 11.9 Å². The zero-order valence-electron chi connectivity index (χ0n) is 17.6. The maximum Gasteiger partial charge on any atom is 0.293 e. The number of anilines is 2. The lowest BCUT2D eigenvalue weighted by molar-refractivity contribution is 0.0928. The van der Waals surface area contributed by atoms with Gasteiger partial charge in [0.15, 0.2) is 5.69 Å². The second-order valence-corrected chi connectivity index (χ2v) is 8.34. The Hall–Kier alpha value is -3.46. The highest BCUT2D eigenvalue weighted by molar-refractivity contribution is 6.35. The molecule has 0 fully saturated rings. The number of amides is 2. The molecule has 0 radical (unpaired) electrons. The van der Waals surface area contributed by atoms with Crippen LogP contribution < -0.4 is 16.4 Å². The number of hydrogen-bond acceptors (Lipinski definition) is 7. The van der Waals surface area contributed by atoms with Gasteiger partial charge in [0.05, 0.1) is 6.20 Å². The highest BCUT2D eigenvalue weighted by atomic mass is 35.5. The van der Waals surface area contributed by atoms with Crippen molar-refractivity contribution >= 4 is 34.9 Å². The van der Waals surface area contributed by atoms with E-state index in [4.69, 9.17) is 21.8 Å². The summed E-state index contributed by atoms with van der Waals surface area (Å²) in [5, 5.41) is 5.40.